The highest BCUT2D eigenvalue weighted by Gasteiger charge is 2.22. The highest BCUT2D eigenvalue weighted by molar-refractivity contribution is 5.96. The minimum Gasteiger partial charge on any atom is -0.508 e. The number of aromatic hydroxyl groups is 1. The van der Waals surface area contributed by atoms with E-state index in [1.165, 1.54) is 7.11 Å². The van der Waals surface area contributed by atoms with Crippen LogP contribution in [-0.4, -0.2) is 41.8 Å². The number of aliphatic carboxylic acids is 1. The van der Waals surface area contributed by atoms with Gasteiger partial charge in [0.25, 0.3) is 5.91 Å². The Labute approximate surface area is 108 Å². The van der Waals surface area contributed by atoms with Gasteiger partial charge in [0.2, 0.25) is 0 Å². The van der Waals surface area contributed by atoms with Crippen molar-refractivity contribution in [2.24, 2.45) is 0 Å². The molecule has 0 saturated carbocycles. The van der Waals surface area contributed by atoms with E-state index in [4.69, 9.17) is 14.9 Å². The summed E-state index contributed by atoms with van der Waals surface area (Å²) in [6.07, 6.45) is 0.0667. The van der Waals surface area contributed by atoms with Crippen LogP contribution in [0.1, 0.15) is 16.8 Å². The third kappa shape index (κ3) is 4.22. The zero-order chi connectivity index (χ0) is 14.4. The molecule has 0 heterocycles. The second kappa shape index (κ2) is 6.69. The van der Waals surface area contributed by atoms with Crippen LogP contribution in [0, 0.1) is 5.82 Å². The van der Waals surface area contributed by atoms with E-state index in [9.17, 15) is 14.0 Å². The first-order valence-corrected chi connectivity index (χ1v) is 5.46. The summed E-state index contributed by atoms with van der Waals surface area (Å²) in [6.45, 7) is 0.148. The number of amides is 1. The number of halogens is 1. The van der Waals surface area contributed by atoms with Gasteiger partial charge in [-0.3, -0.25) is 4.79 Å². The Kier molecular flexibility index (Phi) is 5.25. The number of hydrogen-bond acceptors (Lipinski definition) is 4. The summed E-state index contributed by atoms with van der Waals surface area (Å²) in [5.74, 6) is -3.33. The molecule has 1 aromatic rings. The molecule has 1 atom stereocenters. The van der Waals surface area contributed by atoms with E-state index in [2.05, 4.69) is 5.32 Å². The Morgan fingerprint density at radius 3 is 2.68 bits per heavy atom. The summed E-state index contributed by atoms with van der Waals surface area (Å²) in [4.78, 5) is 22.6. The quantitative estimate of drug-likeness (QED) is 0.709. The second-order valence-corrected chi connectivity index (χ2v) is 3.81. The van der Waals surface area contributed by atoms with E-state index in [0.717, 1.165) is 18.2 Å². The molecule has 19 heavy (non-hydrogen) atoms. The number of phenolic OH excluding ortho intramolecular Hbond substituents is 1. The number of nitrogens with one attached hydrogen (secondary N) is 1. The number of carbonyl (C=O) groups excluding carboxylic acids is 1. The lowest BCUT2D eigenvalue weighted by molar-refractivity contribution is -0.139. The summed E-state index contributed by atoms with van der Waals surface area (Å²) in [5.41, 5.74) is -0.332. The number of benzene rings is 1. The maximum Gasteiger partial charge on any atom is 0.326 e. The highest BCUT2D eigenvalue weighted by Crippen LogP contribution is 2.15. The van der Waals surface area contributed by atoms with E-state index in [-0.39, 0.29) is 24.3 Å². The van der Waals surface area contributed by atoms with E-state index < -0.39 is 23.7 Å². The lowest BCUT2D eigenvalue weighted by Gasteiger charge is -2.14. The molecule has 0 aliphatic rings. The van der Waals surface area contributed by atoms with Crippen LogP contribution in [0.15, 0.2) is 18.2 Å². The SMILES string of the molecule is COCCC(NC(=O)c1ccc(O)cc1F)C(=O)O. The molecule has 0 bridgehead atoms. The van der Waals surface area contributed by atoms with Gasteiger partial charge in [-0.1, -0.05) is 0 Å². The van der Waals surface area contributed by atoms with E-state index in [0.29, 0.717) is 0 Å². The van der Waals surface area contributed by atoms with Gasteiger partial charge in [-0.25, -0.2) is 9.18 Å². The molecule has 1 unspecified atom stereocenters. The second-order valence-electron chi connectivity index (χ2n) is 3.81. The van der Waals surface area contributed by atoms with E-state index >= 15 is 0 Å². The van der Waals surface area contributed by atoms with Crippen molar-refractivity contribution >= 4 is 11.9 Å². The van der Waals surface area contributed by atoms with Crippen LogP contribution in [0.25, 0.3) is 0 Å². The third-order valence-corrected chi connectivity index (χ3v) is 2.41. The largest absolute Gasteiger partial charge is 0.508 e. The van der Waals surface area contributed by atoms with Crippen LogP contribution in [0.4, 0.5) is 4.39 Å². The van der Waals surface area contributed by atoms with Crippen LogP contribution >= 0.6 is 0 Å². The number of rotatable bonds is 6. The lowest BCUT2D eigenvalue weighted by Crippen LogP contribution is -2.41. The van der Waals surface area contributed by atoms with Gasteiger partial charge in [0.05, 0.1) is 5.56 Å². The molecule has 1 rings (SSSR count). The summed E-state index contributed by atoms with van der Waals surface area (Å²) in [6, 6.07) is 1.83. The van der Waals surface area contributed by atoms with Crippen molar-refractivity contribution in [1.82, 2.24) is 5.32 Å². The van der Waals surface area contributed by atoms with Crippen molar-refractivity contribution in [3.05, 3.63) is 29.6 Å². The molecule has 6 nitrogen and oxygen atoms in total. The van der Waals surface area contributed by atoms with Gasteiger partial charge in [-0.2, -0.15) is 0 Å². The molecule has 0 fully saturated rings. The van der Waals surface area contributed by atoms with Crippen LogP contribution in [0.3, 0.4) is 0 Å². The predicted molar refractivity (Wildman–Crippen MR) is 63.4 cm³/mol. The average Bonchev–Trinajstić information content (AvgIpc) is 2.33. The fourth-order valence-electron chi connectivity index (χ4n) is 1.42. The van der Waals surface area contributed by atoms with Crippen molar-refractivity contribution in [2.75, 3.05) is 13.7 Å². The molecule has 1 aromatic carbocycles. The fourth-order valence-corrected chi connectivity index (χ4v) is 1.42. The van der Waals surface area contributed by atoms with Crippen LogP contribution in [0.2, 0.25) is 0 Å². The molecular formula is C12H14FNO5. The maximum absolute atomic E-state index is 13.4. The first-order valence-electron chi connectivity index (χ1n) is 5.46. The minimum atomic E-state index is -1.23. The van der Waals surface area contributed by atoms with Gasteiger partial charge < -0.3 is 20.3 Å². The van der Waals surface area contributed by atoms with Crippen molar-refractivity contribution in [1.29, 1.82) is 0 Å². The van der Waals surface area contributed by atoms with Crippen molar-refractivity contribution in [3.63, 3.8) is 0 Å². The normalized spacial score (nSPS) is 11.9. The summed E-state index contributed by atoms with van der Waals surface area (Å²) < 4.78 is 18.1. The van der Waals surface area contributed by atoms with Gasteiger partial charge in [0, 0.05) is 26.2 Å². The monoisotopic (exact) mass is 271 g/mol. The third-order valence-electron chi connectivity index (χ3n) is 2.41. The number of methoxy groups -OCH3 is 1. The molecular weight excluding hydrogens is 257 g/mol. The van der Waals surface area contributed by atoms with Gasteiger partial charge in [0.1, 0.15) is 17.6 Å². The summed E-state index contributed by atoms with van der Waals surface area (Å²) >= 11 is 0. The predicted octanol–water partition coefficient (Wildman–Crippen LogP) is 0.751. The van der Waals surface area contributed by atoms with Gasteiger partial charge >= 0.3 is 5.97 Å². The number of carbonyl (C=O) groups is 2. The fraction of sp³-hybridized carbons (Fsp3) is 0.333. The van der Waals surface area contributed by atoms with Crippen LogP contribution < -0.4 is 5.32 Å². The van der Waals surface area contributed by atoms with E-state index in [1.807, 2.05) is 0 Å². The first-order chi connectivity index (χ1) is 8.95. The molecule has 3 N–H and O–H groups in total. The smallest absolute Gasteiger partial charge is 0.326 e. The Bertz CT molecular complexity index is 477. The number of carboxylic acids is 1. The molecule has 0 aliphatic heterocycles. The topological polar surface area (TPSA) is 95.9 Å². The molecule has 7 heteroatoms. The highest BCUT2D eigenvalue weighted by atomic mass is 19.1. The zero-order valence-electron chi connectivity index (χ0n) is 10.2. The Balaban J connectivity index is 2.78. The zero-order valence-corrected chi connectivity index (χ0v) is 10.2. The number of phenols is 1. The van der Waals surface area contributed by atoms with Gasteiger partial charge in [-0.05, 0) is 12.1 Å². The van der Waals surface area contributed by atoms with Gasteiger partial charge in [-0.15, -0.1) is 0 Å². The Morgan fingerprint density at radius 1 is 1.47 bits per heavy atom. The standard InChI is InChI=1S/C12H14FNO5/c1-19-5-4-10(12(17)18)14-11(16)8-3-2-7(15)6-9(8)13/h2-3,6,10,15H,4-5H2,1H3,(H,14,16)(H,17,18). The Hall–Kier alpha value is -2.15. The number of ether oxygens (including phenoxy) is 1. The van der Waals surface area contributed by atoms with Gasteiger partial charge in [0.15, 0.2) is 0 Å². The molecule has 0 aliphatic carbocycles. The minimum absolute atomic E-state index is 0.0667. The molecule has 0 aromatic heterocycles. The first kappa shape index (κ1) is 14.9. The van der Waals surface area contributed by atoms with Crippen molar-refractivity contribution in [3.8, 4) is 5.75 Å². The summed E-state index contributed by atoms with van der Waals surface area (Å²) in [7, 11) is 1.40. The van der Waals surface area contributed by atoms with Crippen LogP contribution in [-0.2, 0) is 9.53 Å². The van der Waals surface area contributed by atoms with Crippen LogP contribution in [0.5, 0.6) is 5.75 Å². The molecule has 0 radical (unpaired) electrons. The lowest BCUT2D eigenvalue weighted by atomic mass is 10.1. The Morgan fingerprint density at radius 2 is 2.16 bits per heavy atom. The van der Waals surface area contributed by atoms with E-state index in [1.54, 1.807) is 0 Å². The van der Waals surface area contributed by atoms with Crippen molar-refractivity contribution in [2.45, 2.75) is 12.5 Å². The average molecular weight is 271 g/mol. The molecule has 104 valence electrons. The molecule has 1 amide bonds. The maximum atomic E-state index is 13.4. The number of hydrogen-bond donors (Lipinski definition) is 3. The summed E-state index contributed by atoms with van der Waals surface area (Å²) in [5, 5.41) is 20.1. The molecule has 0 saturated heterocycles. The van der Waals surface area contributed by atoms with Crippen molar-refractivity contribution < 1.29 is 28.9 Å². The number of carboxylic acid groups (broad SMARTS) is 1. The molecule has 0 spiro atoms.